The third-order valence-corrected chi connectivity index (χ3v) is 3.47. The molecule has 0 saturated carbocycles. The largest absolute Gasteiger partial charge is 0.490 e. The Morgan fingerprint density at radius 1 is 1.53 bits per heavy atom. The van der Waals surface area contributed by atoms with Crippen LogP contribution >= 0.6 is 34.2 Å². The summed E-state index contributed by atoms with van der Waals surface area (Å²) in [6.07, 6.45) is 2.48. The molecule has 1 aliphatic rings. The van der Waals surface area contributed by atoms with Crippen molar-refractivity contribution in [1.29, 1.82) is 0 Å². The zero-order chi connectivity index (χ0) is 10.7. The van der Waals surface area contributed by atoms with Crippen LogP contribution in [0.2, 0.25) is 5.02 Å². The maximum atomic E-state index is 5.90. The Labute approximate surface area is 108 Å². The Balaban J connectivity index is 1.94. The van der Waals surface area contributed by atoms with Crippen LogP contribution in [-0.2, 0) is 4.74 Å². The molecule has 0 N–H and O–H groups in total. The van der Waals surface area contributed by atoms with E-state index in [9.17, 15) is 0 Å². The SMILES string of the molecule is Clc1ccc(I)c(OCC2CCCO2)c1. The van der Waals surface area contributed by atoms with Crippen molar-refractivity contribution in [3.05, 3.63) is 26.8 Å². The van der Waals surface area contributed by atoms with E-state index in [0.29, 0.717) is 11.6 Å². The van der Waals surface area contributed by atoms with Crippen molar-refractivity contribution in [2.45, 2.75) is 18.9 Å². The minimum absolute atomic E-state index is 0.250. The average Bonchev–Trinajstić information content (AvgIpc) is 2.72. The maximum absolute atomic E-state index is 5.90. The zero-order valence-corrected chi connectivity index (χ0v) is 11.1. The molecule has 2 nitrogen and oxygen atoms in total. The molecule has 1 aliphatic heterocycles. The second kappa shape index (κ2) is 5.37. The summed E-state index contributed by atoms with van der Waals surface area (Å²) in [4.78, 5) is 0. The molecule has 0 bridgehead atoms. The van der Waals surface area contributed by atoms with Crippen molar-refractivity contribution < 1.29 is 9.47 Å². The van der Waals surface area contributed by atoms with Gasteiger partial charge in [-0.15, -0.1) is 0 Å². The summed E-state index contributed by atoms with van der Waals surface area (Å²) in [6.45, 7) is 1.48. The number of rotatable bonds is 3. The Morgan fingerprint density at radius 2 is 2.40 bits per heavy atom. The molecule has 4 heteroatoms. The highest BCUT2D eigenvalue weighted by Crippen LogP contribution is 2.25. The number of ether oxygens (including phenoxy) is 2. The van der Waals surface area contributed by atoms with Crippen LogP contribution in [0.15, 0.2) is 18.2 Å². The van der Waals surface area contributed by atoms with Gasteiger partial charge in [0.2, 0.25) is 0 Å². The van der Waals surface area contributed by atoms with Gasteiger partial charge >= 0.3 is 0 Å². The fourth-order valence-corrected chi connectivity index (χ4v) is 2.20. The minimum atomic E-state index is 0.250. The minimum Gasteiger partial charge on any atom is -0.490 e. The van der Waals surface area contributed by atoms with E-state index in [4.69, 9.17) is 21.1 Å². The van der Waals surface area contributed by atoms with Gasteiger partial charge in [0.1, 0.15) is 12.4 Å². The monoisotopic (exact) mass is 338 g/mol. The lowest BCUT2D eigenvalue weighted by Gasteiger charge is -2.12. The first-order chi connectivity index (χ1) is 7.25. The highest BCUT2D eigenvalue weighted by atomic mass is 127. The topological polar surface area (TPSA) is 18.5 Å². The Kier molecular flexibility index (Phi) is 4.11. The van der Waals surface area contributed by atoms with Crippen molar-refractivity contribution in [3.63, 3.8) is 0 Å². The Morgan fingerprint density at radius 3 is 3.13 bits per heavy atom. The quantitative estimate of drug-likeness (QED) is 0.785. The van der Waals surface area contributed by atoms with Crippen LogP contribution in [0.5, 0.6) is 5.75 Å². The number of halogens is 2. The lowest BCUT2D eigenvalue weighted by molar-refractivity contribution is 0.0676. The molecule has 82 valence electrons. The molecule has 0 radical (unpaired) electrons. The highest BCUT2D eigenvalue weighted by molar-refractivity contribution is 14.1. The van der Waals surface area contributed by atoms with E-state index in [0.717, 1.165) is 28.8 Å². The van der Waals surface area contributed by atoms with Crippen molar-refractivity contribution in [1.82, 2.24) is 0 Å². The van der Waals surface area contributed by atoms with Crippen LogP contribution in [0.3, 0.4) is 0 Å². The van der Waals surface area contributed by atoms with E-state index in [-0.39, 0.29) is 6.10 Å². The Hall–Kier alpha value is -0.0000000000000000833. The number of hydrogen-bond donors (Lipinski definition) is 0. The first kappa shape index (κ1) is 11.5. The third-order valence-electron chi connectivity index (χ3n) is 2.34. The molecule has 0 amide bonds. The maximum Gasteiger partial charge on any atom is 0.134 e. The smallest absolute Gasteiger partial charge is 0.134 e. The van der Waals surface area contributed by atoms with E-state index < -0.39 is 0 Å². The molecule has 0 aliphatic carbocycles. The summed E-state index contributed by atoms with van der Waals surface area (Å²) >= 11 is 8.14. The second-order valence-corrected chi connectivity index (χ2v) is 5.12. The summed E-state index contributed by atoms with van der Waals surface area (Å²) in [5, 5.41) is 0.706. The van der Waals surface area contributed by atoms with E-state index in [1.807, 2.05) is 18.2 Å². The molecular formula is C11H12ClIO2. The summed E-state index contributed by atoms with van der Waals surface area (Å²) in [7, 11) is 0. The summed E-state index contributed by atoms with van der Waals surface area (Å²) in [6, 6.07) is 5.66. The molecule has 2 rings (SSSR count). The van der Waals surface area contributed by atoms with Crippen molar-refractivity contribution in [3.8, 4) is 5.75 Å². The van der Waals surface area contributed by atoms with Crippen molar-refractivity contribution in [2.24, 2.45) is 0 Å². The van der Waals surface area contributed by atoms with Gasteiger partial charge < -0.3 is 9.47 Å². The third kappa shape index (κ3) is 3.23. The molecule has 1 atom stereocenters. The predicted octanol–water partition coefficient (Wildman–Crippen LogP) is 3.50. The summed E-state index contributed by atoms with van der Waals surface area (Å²) in [5.41, 5.74) is 0. The molecule has 1 unspecified atom stereocenters. The van der Waals surface area contributed by atoms with Crippen molar-refractivity contribution in [2.75, 3.05) is 13.2 Å². The standard InChI is InChI=1S/C11H12ClIO2/c12-8-3-4-10(13)11(6-8)15-7-9-2-1-5-14-9/h3-4,6,9H,1-2,5,7H2. The molecule has 1 heterocycles. The molecule has 1 saturated heterocycles. The van der Waals surface area contributed by atoms with Gasteiger partial charge in [-0.3, -0.25) is 0 Å². The zero-order valence-electron chi connectivity index (χ0n) is 8.21. The van der Waals surface area contributed by atoms with E-state index in [2.05, 4.69) is 22.6 Å². The van der Waals surface area contributed by atoms with Crippen LogP contribution in [0, 0.1) is 3.57 Å². The second-order valence-electron chi connectivity index (χ2n) is 3.52. The summed E-state index contributed by atoms with van der Waals surface area (Å²) < 4.78 is 12.2. The van der Waals surface area contributed by atoms with Crippen LogP contribution in [0.4, 0.5) is 0 Å². The number of benzene rings is 1. The average molecular weight is 339 g/mol. The number of hydrogen-bond acceptors (Lipinski definition) is 2. The van der Waals surface area contributed by atoms with Crippen LogP contribution in [-0.4, -0.2) is 19.3 Å². The molecule has 0 aromatic heterocycles. The lowest BCUT2D eigenvalue weighted by Crippen LogP contribution is -2.16. The fraction of sp³-hybridized carbons (Fsp3) is 0.455. The Bertz CT molecular complexity index is 337. The fourth-order valence-electron chi connectivity index (χ4n) is 1.55. The van der Waals surface area contributed by atoms with Gasteiger partial charge in [0.25, 0.3) is 0 Å². The van der Waals surface area contributed by atoms with E-state index in [1.165, 1.54) is 0 Å². The molecule has 0 spiro atoms. The highest BCUT2D eigenvalue weighted by Gasteiger charge is 2.16. The molecule has 1 aromatic carbocycles. The van der Waals surface area contributed by atoms with Gasteiger partial charge in [-0.05, 0) is 53.6 Å². The van der Waals surface area contributed by atoms with Gasteiger partial charge in [0.05, 0.1) is 9.67 Å². The lowest BCUT2D eigenvalue weighted by atomic mass is 10.2. The molecule has 1 aromatic rings. The van der Waals surface area contributed by atoms with Crippen LogP contribution in [0.25, 0.3) is 0 Å². The van der Waals surface area contributed by atoms with Gasteiger partial charge in [0.15, 0.2) is 0 Å². The molecule has 1 fully saturated rings. The first-order valence-electron chi connectivity index (χ1n) is 4.95. The van der Waals surface area contributed by atoms with E-state index in [1.54, 1.807) is 0 Å². The van der Waals surface area contributed by atoms with Gasteiger partial charge in [0, 0.05) is 11.6 Å². The van der Waals surface area contributed by atoms with Crippen molar-refractivity contribution >= 4 is 34.2 Å². The summed E-state index contributed by atoms with van der Waals surface area (Å²) in [5.74, 6) is 0.846. The normalized spacial score (nSPS) is 20.5. The van der Waals surface area contributed by atoms with Gasteiger partial charge in [-0.2, -0.15) is 0 Å². The first-order valence-corrected chi connectivity index (χ1v) is 6.41. The predicted molar refractivity (Wildman–Crippen MR) is 68.6 cm³/mol. The van der Waals surface area contributed by atoms with Gasteiger partial charge in [-0.25, -0.2) is 0 Å². The van der Waals surface area contributed by atoms with E-state index >= 15 is 0 Å². The molecular weight excluding hydrogens is 326 g/mol. The van der Waals surface area contributed by atoms with Crippen LogP contribution < -0.4 is 4.74 Å². The van der Waals surface area contributed by atoms with Crippen LogP contribution in [0.1, 0.15) is 12.8 Å². The van der Waals surface area contributed by atoms with Gasteiger partial charge in [-0.1, -0.05) is 11.6 Å². The molecule has 15 heavy (non-hydrogen) atoms.